The van der Waals surface area contributed by atoms with Crippen LogP contribution in [0.15, 0.2) is 91.0 Å². The lowest BCUT2D eigenvalue weighted by molar-refractivity contribution is 0.206. The molecule has 0 saturated carbocycles. The highest BCUT2D eigenvalue weighted by Gasteiger charge is 2.52. The van der Waals surface area contributed by atoms with E-state index in [0.717, 1.165) is 27.6 Å². The molecule has 3 aromatic rings. The van der Waals surface area contributed by atoms with Crippen molar-refractivity contribution < 1.29 is 9.30 Å². The van der Waals surface area contributed by atoms with Gasteiger partial charge in [-0.2, -0.15) is 0 Å². The minimum Gasteiger partial charge on any atom is -0.369 e. The summed E-state index contributed by atoms with van der Waals surface area (Å²) < 4.78 is 20.1. The Balaban J connectivity index is 2.00. The third-order valence-corrected chi connectivity index (χ3v) is 10.5. The van der Waals surface area contributed by atoms with Crippen LogP contribution < -0.4 is 5.30 Å². The topological polar surface area (TPSA) is 26.3 Å². The van der Waals surface area contributed by atoms with Gasteiger partial charge in [0.15, 0.2) is 7.14 Å². The highest BCUT2D eigenvalue weighted by molar-refractivity contribution is 9.11. The lowest BCUT2D eigenvalue weighted by Gasteiger charge is -2.25. The number of hydrogen-bond donors (Lipinski definition) is 0. The summed E-state index contributed by atoms with van der Waals surface area (Å²) >= 11 is 3.82. The summed E-state index contributed by atoms with van der Waals surface area (Å²) in [6.45, 7) is 0. The summed E-state index contributed by atoms with van der Waals surface area (Å²) in [5, 5.41) is 0.832. The second-order valence-corrected chi connectivity index (χ2v) is 11.1. The van der Waals surface area contributed by atoms with Crippen molar-refractivity contribution in [3.8, 4) is 0 Å². The molecule has 136 valence electrons. The average Bonchev–Trinajstić information content (AvgIpc) is 2.98. The molecule has 4 heteroatoms. The van der Waals surface area contributed by atoms with Gasteiger partial charge in [0.05, 0.1) is 0 Å². The van der Waals surface area contributed by atoms with Crippen molar-refractivity contribution in [2.45, 2.75) is 10.4 Å². The molecule has 0 radical (unpaired) electrons. The molecular weight excluding hydrogens is 419 g/mol. The maximum Gasteiger partial charge on any atom is 0.164 e. The van der Waals surface area contributed by atoms with Crippen molar-refractivity contribution >= 4 is 39.5 Å². The summed E-state index contributed by atoms with van der Waals surface area (Å²) in [6, 6.07) is 30.0. The number of halogens is 1. The van der Waals surface area contributed by atoms with Gasteiger partial charge in [-0.25, -0.2) is 0 Å². The molecule has 3 atom stereocenters. The number of alkyl halides is 1. The average molecular weight is 439 g/mol. The van der Waals surface area contributed by atoms with E-state index in [1.54, 1.807) is 7.11 Å². The maximum absolute atomic E-state index is 14.5. The van der Waals surface area contributed by atoms with Crippen molar-refractivity contribution in [3.05, 3.63) is 102 Å². The zero-order valence-corrected chi connectivity index (χ0v) is 17.4. The van der Waals surface area contributed by atoms with Gasteiger partial charge in [0.1, 0.15) is 10.4 Å². The Morgan fingerprint density at radius 1 is 0.741 bits per heavy atom. The Hall–Kier alpha value is -1.93. The maximum atomic E-state index is 14.5. The Bertz CT molecular complexity index is 1000. The third kappa shape index (κ3) is 3.04. The minimum atomic E-state index is -2.95. The molecule has 2 nitrogen and oxygen atoms in total. The Kier molecular flexibility index (Phi) is 5.19. The molecular formula is C23H20BrO2P. The highest BCUT2D eigenvalue weighted by Crippen LogP contribution is 2.70. The first-order chi connectivity index (χ1) is 13.2. The van der Waals surface area contributed by atoms with Crippen molar-refractivity contribution in [2.24, 2.45) is 0 Å². The summed E-state index contributed by atoms with van der Waals surface area (Å²) in [5.41, 5.74) is 4.15. The van der Waals surface area contributed by atoms with Crippen molar-refractivity contribution in [1.29, 1.82) is 0 Å². The van der Waals surface area contributed by atoms with E-state index < -0.39 is 13.0 Å². The minimum absolute atomic E-state index is 0.310. The van der Waals surface area contributed by atoms with Crippen LogP contribution in [0.1, 0.15) is 11.1 Å². The first-order valence-electron chi connectivity index (χ1n) is 8.84. The van der Waals surface area contributed by atoms with Gasteiger partial charge in [0.2, 0.25) is 0 Å². The number of rotatable bonds is 4. The van der Waals surface area contributed by atoms with E-state index in [9.17, 15) is 4.57 Å². The SMILES string of the molecule is CO[C@@H]1C(c2ccccc2)=C(c2ccccc2)[C@@H](Br)[P@@]1(=O)c1ccccc1. The predicted octanol–water partition coefficient (Wildman–Crippen LogP) is 5.99. The Morgan fingerprint density at radius 3 is 1.67 bits per heavy atom. The molecule has 0 N–H and O–H groups in total. The third-order valence-electron chi connectivity index (χ3n) is 5.01. The molecule has 0 aliphatic carbocycles. The Morgan fingerprint density at radius 2 is 1.19 bits per heavy atom. The zero-order valence-electron chi connectivity index (χ0n) is 15.0. The van der Waals surface area contributed by atoms with Crippen LogP contribution in [0.2, 0.25) is 0 Å². The quantitative estimate of drug-likeness (QED) is 0.369. The van der Waals surface area contributed by atoms with Crippen LogP contribution in [0.4, 0.5) is 0 Å². The van der Waals surface area contributed by atoms with Crippen LogP contribution in [0.5, 0.6) is 0 Å². The van der Waals surface area contributed by atoms with Crippen LogP contribution in [0.3, 0.4) is 0 Å². The van der Waals surface area contributed by atoms with Gasteiger partial charge in [-0.05, 0) is 16.7 Å². The molecule has 0 bridgehead atoms. The normalized spacial score (nSPS) is 25.0. The molecule has 0 saturated heterocycles. The molecule has 1 aliphatic rings. The van der Waals surface area contributed by atoms with Gasteiger partial charge in [-0.3, -0.25) is 0 Å². The van der Waals surface area contributed by atoms with E-state index in [1.807, 2.05) is 66.7 Å². The molecule has 1 heterocycles. The smallest absolute Gasteiger partial charge is 0.164 e. The number of hydrogen-bond acceptors (Lipinski definition) is 2. The van der Waals surface area contributed by atoms with Crippen LogP contribution in [0, 0.1) is 0 Å². The van der Waals surface area contributed by atoms with E-state index in [2.05, 4.69) is 40.2 Å². The van der Waals surface area contributed by atoms with Crippen LogP contribution in [-0.4, -0.2) is 17.5 Å². The summed E-state index contributed by atoms with van der Waals surface area (Å²) in [6.07, 6.45) is 0. The first-order valence-corrected chi connectivity index (χ1v) is 11.6. The first kappa shape index (κ1) is 18.4. The summed E-state index contributed by atoms with van der Waals surface area (Å²) in [7, 11) is -1.30. The van der Waals surface area contributed by atoms with E-state index >= 15 is 0 Å². The monoisotopic (exact) mass is 438 g/mol. The second kappa shape index (κ2) is 7.59. The second-order valence-electron chi connectivity index (χ2n) is 6.53. The molecule has 4 rings (SSSR count). The van der Waals surface area contributed by atoms with Gasteiger partial charge in [0.25, 0.3) is 0 Å². The van der Waals surface area contributed by atoms with Gasteiger partial charge in [-0.15, -0.1) is 0 Å². The molecule has 0 fully saturated rings. The molecule has 0 aromatic heterocycles. The van der Waals surface area contributed by atoms with Crippen LogP contribution in [0.25, 0.3) is 11.1 Å². The lowest BCUT2D eigenvalue weighted by atomic mass is 9.96. The fourth-order valence-electron chi connectivity index (χ4n) is 3.79. The van der Waals surface area contributed by atoms with Crippen LogP contribution in [-0.2, 0) is 9.30 Å². The van der Waals surface area contributed by atoms with Gasteiger partial charge < -0.3 is 9.30 Å². The van der Waals surface area contributed by atoms with Gasteiger partial charge in [0, 0.05) is 18.0 Å². The summed E-state index contributed by atoms with van der Waals surface area (Å²) in [5.74, 6) is -0.498. The number of ether oxygens (including phenoxy) is 1. The van der Waals surface area contributed by atoms with E-state index in [0.29, 0.717) is 0 Å². The van der Waals surface area contributed by atoms with E-state index in [-0.39, 0.29) is 4.57 Å². The van der Waals surface area contributed by atoms with E-state index in [1.165, 1.54) is 0 Å². The van der Waals surface area contributed by atoms with Crippen molar-refractivity contribution in [3.63, 3.8) is 0 Å². The highest BCUT2D eigenvalue weighted by atomic mass is 79.9. The Labute approximate surface area is 168 Å². The predicted molar refractivity (Wildman–Crippen MR) is 117 cm³/mol. The molecule has 27 heavy (non-hydrogen) atoms. The van der Waals surface area contributed by atoms with Crippen molar-refractivity contribution in [2.75, 3.05) is 7.11 Å². The fourth-order valence-corrected chi connectivity index (χ4v) is 8.72. The fraction of sp³-hybridized carbons (Fsp3) is 0.130. The van der Waals surface area contributed by atoms with E-state index in [4.69, 9.17) is 4.74 Å². The van der Waals surface area contributed by atoms with Gasteiger partial charge >= 0.3 is 0 Å². The number of benzene rings is 3. The summed E-state index contributed by atoms with van der Waals surface area (Å²) in [4.78, 5) is 0. The molecule has 3 aromatic carbocycles. The largest absolute Gasteiger partial charge is 0.369 e. The molecule has 0 spiro atoms. The molecule has 0 amide bonds. The number of allylic oxidation sites excluding steroid dienone is 1. The molecule has 1 aliphatic heterocycles. The zero-order chi connectivity index (χ0) is 18.9. The van der Waals surface area contributed by atoms with Crippen molar-refractivity contribution in [1.82, 2.24) is 0 Å². The van der Waals surface area contributed by atoms with Crippen LogP contribution >= 0.6 is 23.1 Å². The van der Waals surface area contributed by atoms with Gasteiger partial charge in [-0.1, -0.05) is 107 Å². The lowest BCUT2D eigenvalue weighted by Crippen LogP contribution is -2.20. The molecule has 0 unspecified atom stereocenters. The standard InChI is InChI=1S/C23H20BrO2P/c1-26-23-21(18-13-7-3-8-14-18)20(17-11-5-2-6-12-17)22(24)27(23,25)19-15-9-4-10-16-19/h2-16,22-23H,1H3/t22-,23-,27-/m0/s1. The number of methoxy groups -OCH3 is 1.